The van der Waals surface area contributed by atoms with E-state index in [4.69, 9.17) is 5.26 Å². The van der Waals surface area contributed by atoms with Crippen LogP contribution < -0.4 is 5.32 Å². The predicted molar refractivity (Wildman–Crippen MR) is 96.1 cm³/mol. The van der Waals surface area contributed by atoms with Gasteiger partial charge >= 0.3 is 0 Å². The first-order chi connectivity index (χ1) is 11.5. The summed E-state index contributed by atoms with van der Waals surface area (Å²) in [4.78, 5) is 23.6. The molecule has 2 aromatic carbocycles. The second-order valence-electron chi connectivity index (χ2n) is 4.63. The molecule has 0 unspecified atom stereocenters. The number of nitro groups is 1. The van der Waals surface area contributed by atoms with Crippen molar-refractivity contribution in [2.45, 2.75) is 11.3 Å². The van der Waals surface area contributed by atoms with E-state index in [1.165, 1.54) is 30.0 Å². The Bertz CT molecular complexity index is 820. The first kappa shape index (κ1) is 18.0. The van der Waals surface area contributed by atoms with E-state index in [0.29, 0.717) is 22.3 Å². The smallest absolute Gasteiger partial charge is 0.284 e. The average Bonchev–Trinajstić information content (AvgIpc) is 2.56. The fraction of sp³-hybridized carbons (Fsp3) is 0.125. The number of carbonyl (C=O) groups is 1. The van der Waals surface area contributed by atoms with E-state index < -0.39 is 10.8 Å². The van der Waals surface area contributed by atoms with E-state index in [9.17, 15) is 14.9 Å². The summed E-state index contributed by atoms with van der Waals surface area (Å²) in [6.07, 6.45) is 0.409. The van der Waals surface area contributed by atoms with Crippen LogP contribution in [0, 0.1) is 21.4 Å². The van der Waals surface area contributed by atoms with Crippen LogP contribution in [0.15, 0.2) is 51.8 Å². The lowest BCUT2D eigenvalue weighted by Gasteiger charge is -2.10. The number of amides is 1. The molecular formula is C16H12BrN3O3S. The molecule has 0 bridgehead atoms. The molecule has 8 heteroatoms. The normalized spacial score (nSPS) is 10.0. The van der Waals surface area contributed by atoms with Gasteiger partial charge in [0.2, 0.25) is 0 Å². The number of nitrogens with one attached hydrogen (secondary N) is 1. The first-order valence-corrected chi connectivity index (χ1v) is 8.65. The third kappa shape index (κ3) is 4.57. The van der Waals surface area contributed by atoms with E-state index in [2.05, 4.69) is 27.3 Å². The molecule has 0 fully saturated rings. The molecule has 0 spiro atoms. The monoisotopic (exact) mass is 405 g/mol. The van der Waals surface area contributed by atoms with E-state index >= 15 is 0 Å². The molecule has 0 saturated carbocycles. The first-order valence-electron chi connectivity index (χ1n) is 6.87. The molecule has 0 atom stereocenters. The number of thioether (sulfide) groups is 1. The number of nitrogens with zero attached hydrogens (tertiary/aromatic N) is 2. The summed E-state index contributed by atoms with van der Waals surface area (Å²) in [6.45, 7) is 0. The molecule has 0 heterocycles. The molecule has 122 valence electrons. The summed E-state index contributed by atoms with van der Waals surface area (Å²) in [5, 5.41) is 22.3. The Morgan fingerprint density at radius 1 is 1.33 bits per heavy atom. The number of hydrogen-bond acceptors (Lipinski definition) is 5. The van der Waals surface area contributed by atoms with Crippen LogP contribution in [0.25, 0.3) is 0 Å². The van der Waals surface area contributed by atoms with Gasteiger partial charge < -0.3 is 5.32 Å². The lowest BCUT2D eigenvalue weighted by molar-refractivity contribution is -0.385. The number of para-hydroxylation sites is 1. The quantitative estimate of drug-likeness (QED) is 0.327. The number of rotatable bonds is 6. The Kier molecular flexibility index (Phi) is 6.35. The van der Waals surface area contributed by atoms with E-state index in [0.717, 1.165) is 4.90 Å². The van der Waals surface area contributed by atoms with Gasteiger partial charge in [-0.2, -0.15) is 5.26 Å². The van der Waals surface area contributed by atoms with Gasteiger partial charge in [-0.15, -0.1) is 11.8 Å². The zero-order chi connectivity index (χ0) is 17.5. The van der Waals surface area contributed by atoms with Crippen LogP contribution in [-0.2, 0) is 0 Å². The number of anilines is 1. The van der Waals surface area contributed by atoms with E-state index in [1.807, 2.05) is 12.1 Å². The van der Waals surface area contributed by atoms with Crippen LogP contribution in [0.2, 0.25) is 0 Å². The molecule has 0 radical (unpaired) electrons. The van der Waals surface area contributed by atoms with Gasteiger partial charge in [-0.1, -0.05) is 12.1 Å². The molecule has 1 amide bonds. The Hall–Kier alpha value is -2.37. The second-order valence-corrected chi connectivity index (χ2v) is 6.62. The maximum Gasteiger partial charge on any atom is 0.284 e. The molecule has 0 saturated heterocycles. The SMILES string of the molecule is N#CCCSc1ccccc1NC(=O)c1ccc(Br)c([N+](=O)[O-])c1. The van der Waals surface area contributed by atoms with Crippen molar-refractivity contribution in [3.63, 3.8) is 0 Å². The standard InChI is InChI=1S/C16H12BrN3O3S/c17-12-7-6-11(10-14(12)20(22)23)16(21)19-13-4-1-2-5-15(13)24-9-3-8-18/h1-2,4-7,10H,3,9H2,(H,19,21). The van der Waals surface area contributed by atoms with Crippen LogP contribution in [-0.4, -0.2) is 16.6 Å². The summed E-state index contributed by atoms with van der Waals surface area (Å²) in [7, 11) is 0. The fourth-order valence-electron chi connectivity index (χ4n) is 1.89. The predicted octanol–water partition coefficient (Wildman–Crippen LogP) is 4.62. The highest BCUT2D eigenvalue weighted by Gasteiger charge is 2.16. The lowest BCUT2D eigenvalue weighted by Crippen LogP contribution is -2.13. The van der Waals surface area contributed by atoms with E-state index in [1.54, 1.807) is 12.1 Å². The molecule has 2 aromatic rings. The average molecular weight is 406 g/mol. The van der Waals surface area contributed by atoms with Crippen molar-refractivity contribution in [3.8, 4) is 6.07 Å². The van der Waals surface area contributed by atoms with Crippen molar-refractivity contribution in [2.24, 2.45) is 0 Å². The summed E-state index contributed by atoms with van der Waals surface area (Å²) in [6, 6.07) is 13.5. The Labute approximate surface area is 151 Å². The molecule has 0 aliphatic rings. The summed E-state index contributed by atoms with van der Waals surface area (Å²) < 4.78 is 0.316. The minimum absolute atomic E-state index is 0.167. The van der Waals surface area contributed by atoms with Crippen molar-refractivity contribution in [1.29, 1.82) is 5.26 Å². The van der Waals surface area contributed by atoms with Gasteiger partial charge in [0.1, 0.15) is 0 Å². The van der Waals surface area contributed by atoms with Gasteiger partial charge in [-0.3, -0.25) is 14.9 Å². The Balaban J connectivity index is 2.20. The lowest BCUT2D eigenvalue weighted by atomic mass is 10.2. The highest BCUT2D eigenvalue weighted by molar-refractivity contribution is 9.10. The van der Waals surface area contributed by atoms with Crippen molar-refractivity contribution in [2.75, 3.05) is 11.1 Å². The third-order valence-corrected chi connectivity index (χ3v) is 4.76. The highest BCUT2D eigenvalue weighted by atomic mass is 79.9. The van der Waals surface area contributed by atoms with Crippen LogP contribution in [0.3, 0.4) is 0 Å². The second kappa shape index (κ2) is 8.47. The zero-order valence-corrected chi connectivity index (χ0v) is 14.8. The maximum absolute atomic E-state index is 12.4. The van der Waals surface area contributed by atoms with Crippen LogP contribution in [0.5, 0.6) is 0 Å². The number of hydrogen-bond donors (Lipinski definition) is 1. The van der Waals surface area contributed by atoms with Gasteiger partial charge in [-0.05, 0) is 40.2 Å². The fourth-order valence-corrected chi connectivity index (χ4v) is 3.14. The summed E-state index contributed by atoms with van der Waals surface area (Å²) >= 11 is 4.56. The number of nitro benzene ring substituents is 1. The highest BCUT2D eigenvalue weighted by Crippen LogP contribution is 2.29. The van der Waals surface area contributed by atoms with Gasteiger partial charge in [0, 0.05) is 28.7 Å². The van der Waals surface area contributed by atoms with Gasteiger partial charge in [0.05, 0.1) is 21.2 Å². The van der Waals surface area contributed by atoms with Crippen LogP contribution in [0.1, 0.15) is 16.8 Å². The van der Waals surface area contributed by atoms with Crippen molar-refractivity contribution >= 4 is 45.0 Å². The van der Waals surface area contributed by atoms with Crippen molar-refractivity contribution in [3.05, 3.63) is 62.6 Å². The zero-order valence-electron chi connectivity index (χ0n) is 12.4. The largest absolute Gasteiger partial charge is 0.321 e. The molecule has 0 aliphatic carbocycles. The number of carbonyl (C=O) groups excluding carboxylic acids is 1. The Morgan fingerprint density at radius 3 is 2.79 bits per heavy atom. The molecule has 0 aromatic heterocycles. The molecule has 2 rings (SSSR count). The maximum atomic E-state index is 12.4. The van der Waals surface area contributed by atoms with Crippen molar-refractivity contribution < 1.29 is 9.72 Å². The Morgan fingerprint density at radius 2 is 2.08 bits per heavy atom. The summed E-state index contributed by atoms with van der Waals surface area (Å²) in [5.41, 5.74) is 0.636. The van der Waals surface area contributed by atoms with Gasteiger partial charge in [-0.25, -0.2) is 0 Å². The van der Waals surface area contributed by atoms with Gasteiger partial charge in [0.15, 0.2) is 0 Å². The molecule has 24 heavy (non-hydrogen) atoms. The minimum Gasteiger partial charge on any atom is -0.321 e. The third-order valence-electron chi connectivity index (χ3n) is 3.01. The number of halogens is 1. The number of benzene rings is 2. The summed E-state index contributed by atoms with van der Waals surface area (Å²) in [5.74, 6) is 0.187. The van der Waals surface area contributed by atoms with Gasteiger partial charge in [0.25, 0.3) is 11.6 Å². The van der Waals surface area contributed by atoms with Crippen molar-refractivity contribution in [1.82, 2.24) is 0 Å². The molecule has 0 aliphatic heterocycles. The molecule has 1 N–H and O–H groups in total. The minimum atomic E-state index is -0.549. The molecular weight excluding hydrogens is 394 g/mol. The number of nitriles is 1. The molecule has 6 nitrogen and oxygen atoms in total. The topological polar surface area (TPSA) is 96.0 Å². The van der Waals surface area contributed by atoms with E-state index in [-0.39, 0.29) is 11.3 Å². The van der Waals surface area contributed by atoms with Crippen LogP contribution in [0.4, 0.5) is 11.4 Å². The van der Waals surface area contributed by atoms with Crippen LogP contribution >= 0.6 is 27.7 Å².